The van der Waals surface area contributed by atoms with Gasteiger partial charge in [-0.1, -0.05) is 13.8 Å². The van der Waals surface area contributed by atoms with Crippen LogP contribution in [0.25, 0.3) is 0 Å². The Kier molecular flexibility index (Phi) is 7.23. The highest BCUT2D eigenvalue weighted by molar-refractivity contribution is 7.89. The van der Waals surface area contributed by atoms with Crippen LogP contribution in [0.15, 0.2) is 0 Å². The molecule has 0 aromatic rings. The van der Waals surface area contributed by atoms with E-state index in [1.54, 1.807) is 6.92 Å². The van der Waals surface area contributed by atoms with Gasteiger partial charge in [0.05, 0.1) is 11.9 Å². The van der Waals surface area contributed by atoms with E-state index in [4.69, 9.17) is 5.11 Å². The third kappa shape index (κ3) is 5.81. The van der Waals surface area contributed by atoms with Gasteiger partial charge in [0.2, 0.25) is 10.0 Å². The molecule has 5 nitrogen and oxygen atoms in total. The summed E-state index contributed by atoms with van der Waals surface area (Å²) in [5.74, 6) is 0.276. The maximum absolute atomic E-state index is 12.2. The Morgan fingerprint density at radius 2 is 1.65 bits per heavy atom. The fourth-order valence-electron chi connectivity index (χ4n) is 1.39. The summed E-state index contributed by atoms with van der Waals surface area (Å²) in [4.78, 5) is 1.95. The van der Waals surface area contributed by atoms with Crippen LogP contribution in [-0.2, 0) is 10.0 Å². The summed E-state index contributed by atoms with van der Waals surface area (Å²) in [6.07, 6.45) is 0. The van der Waals surface area contributed by atoms with Crippen molar-refractivity contribution in [1.82, 2.24) is 9.21 Å². The topological polar surface area (TPSA) is 60.9 Å². The highest BCUT2D eigenvalue weighted by Gasteiger charge is 2.28. The first-order valence-corrected chi connectivity index (χ1v) is 7.46. The smallest absolute Gasteiger partial charge is 0.219 e. The maximum Gasteiger partial charge on any atom is 0.219 e. The monoisotopic (exact) mass is 266 g/mol. The van der Waals surface area contributed by atoms with Crippen LogP contribution < -0.4 is 0 Å². The Morgan fingerprint density at radius 1 is 1.12 bits per heavy atom. The molecule has 0 amide bonds. The van der Waals surface area contributed by atoms with Crippen molar-refractivity contribution in [3.05, 3.63) is 0 Å². The Labute approximate surface area is 105 Å². The Morgan fingerprint density at radius 3 is 2.00 bits per heavy atom. The minimum absolute atomic E-state index is 0.276. The van der Waals surface area contributed by atoms with Gasteiger partial charge in [0.15, 0.2) is 0 Å². The molecule has 0 saturated carbocycles. The Balaban J connectivity index is 4.78. The van der Waals surface area contributed by atoms with Crippen LogP contribution in [0, 0.1) is 5.92 Å². The fourth-order valence-corrected chi connectivity index (χ4v) is 2.93. The number of sulfonamides is 1. The summed E-state index contributed by atoms with van der Waals surface area (Å²) in [6, 6.07) is 0. The zero-order valence-electron chi connectivity index (χ0n) is 11.5. The molecule has 0 aromatic heterocycles. The van der Waals surface area contributed by atoms with Gasteiger partial charge in [-0.2, -0.15) is 0 Å². The second kappa shape index (κ2) is 7.31. The average Bonchev–Trinajstić information content (AvgIpc) is 2.21. The molecule has 0 rings (SSSR count). The molecule has 104 valence electrons. The zero-order chi connectivity index (χ0) is 13.6. The van der Waals surface area contributed by atoms with E-state index in [9.17, 15) is 8.42 Å². The molecular formula is C11H26N2O3S. The molecule has 1 unspecified atom stereocenters. The van der Waals surface area contributed by atoms with Gasteiger partial charge in [-0.3, -0.25) is 0 Å². The van der Waals surface area contributed by atoms with Crippen molar-refractivity contribution in [2.45, 2.75) is 26.0 Å². The maximum atomic E-state index is 12.2. The number of hydrogen-bond donors (Lipinski definition) is 1. The largest absolute Gasteiger partial charge is 0.395 e. The predicted molar refractivity (Wildman–Crippen MR) is 70.4 cm³/mol. The van der Waals surface area contributed by atoms with Gasteiger partial charge in [-0.15, -0.1) is 0 Å². The van der Waals surface area contributed by atoms with Crippen molar-refractivity contribution in [2.75, 3.05) is 40.3 Å². The van der Waals surface area contributed by atoms with Gasteiger partial charge in [-0.05, 0) is 26.9 Å². The number of likely N-dealkylation sites (N-methyl/N-ethyl adjacent to an activating group) is 1. The average molecular weight is 266 g/mol. The number of rotatable bonds is 8. The summed E-state index contributed by atoms with van der Waals surface area (Å²) in [6.45, 7) is 6.84. The van der Waals surface area contributed by atoms with Crippen LogP contribution in [0.4, 0.5) is 0 Å². The van der Waals surface area contributed by atoms with Gasteiger partial charge in [0, 0.05) is 19.6 Å². The van der Waals surface area contributed by atoms with Crippen LogP contribution in [0.1, 0.15) is 20.8 Å². The molecule has 0 bridgehead atoms. The molecule has 0 aliphatic heterocycles. The van der Waals surface area contributed by atoms with Crippen molar-refractivity contribution in [3.8, 4) is 0 Å². The molecule has 0 aliphatic carbocycles. The first kappa shape index (κ1) is 16.8. The molecule has 0 spiro atoms. The van der Waals surface area contributed by atoms with Crippen molar-refractivity contribution in [2.24, 2.45) is 5.92 Å². The standard InChI is InChI=1S/C11H26N2O3S/c1-10(2)8-13(7-6-12(4)5)17(15,16)11(3)9-14/h10-11,14H,6-9H2,1-5H3. The molecule has 0 heterocycles. The van der Waals surface area contributed by atoms with Crippen LogP contribution in [0.2, 0.25) is 0 Å². The molecule has 0 fully saturated rings. The molecule has 6 heteroatoms. The molecule has 1 N–H and O–H groups in total. The lowest BCUT2D eigenvalue weighted by atomic mass is 10.2. The van der Waals surface area contributed by atoms with Crippen molar-refractivity contribution < 1.29 is 13.5 Å². The SMILES string of the molecule is CC(C)CN(CCN(C)C)S(=O)(=O)C(C)CO. The van der Waals surface area contributed by atoms with E-state index in [2.05, 4.69) is 0 Å². The Bertz CT molecular complexity index is 302. The van der Waals surface area contributed by atoms with Gasteiger partial charge in [0.25, 0.3) is 0 Å². The third-order valence-corrected chi connectivity index (χ3v) is 4.71. The third-order valence-electron chi connectivity index (χ3n) is 2.49. The summed E-state index contributed by atoms with van der Waals surface area (Å²) in [5, 5.41) is 8.28. The normalized spacial score (nSPS) is 14.9. The number of hydrogen-bond acceptors (Lipinski definition) is 4. The lowest BCUT2D eigenvalue weighted by molar-refractivity contribution is 0.278. The first-order chi connectivity index (χ1) is 7.71. The number of aliphatic hydroxyl groups is 1. The van der Waals surface area contributed by atoms with Crippen molar-refractivity contribution in [1.29, 1.82) is 0 Å². The van der Waals surface area contributed by atoms with Crippen LogP contribution >= 0.6 is 0 Å². The lowest BCUT2D eigenvalue weighted by Crippen LogP contribution is -2.44. The van der Waals surface area contributed by atoms with E-state index in [1.807, 2.05) is 32.8 Å². The first-order valence-electron chi connectivity index (χ1n) is 5.96. The summed E-state index contributed by atoms with van der Waals surface area (Å²) >= 11 is 0. The quantitative estimate of drug-likeness (QED) is 0.682. The van der Waals surface area contributed by atoms with Crippen molar-refractivity contribution >= 4 is 10.0 Å². The van der Waals surface area contributed by atoms with E-state index in [0.29, 0.717) is 19.6 Å². The second-order valence-electron chi connectivity index (χ2n) is 5.09. The minimum Gasteiger partial charge on any atom is -0.395 e. The molecule has 0 aromatic carbocycles. The second-order valence-corrected chi connectivity index (χ2v) is 7.44. The highest BCUT2D eigenvalue weighted by Crippen LogP contribution is 2.11. The molecule has 17 heavy (non-hydrogen) atoms. The van der Waals surface area contributed by atoms with Gasteiger partial charge in [0.1, 0.15) is 0 Å². The molecule has 0 aliphatic rings. The van der Waals surface area contributed by atoms with Crippen LogP contribution in [-0.4, -0.2) is 68.3 Å². The van der Waals surface area contributed by atoms with E-state index in [0.717, 1.165) is 0 Å². The molecular weight excluding hydrogens is 240 g/mol. The molecule has 0 radical (unpaired) electrons. The summed E-state index contributed by atoms with van der Waals surface area (Å²) < 4.78 is 25.8. The lowest BCUT2D eigenvalue weighted by Gasteiger charge is -2.27. The van der Waals surface area contributed by atoms with E-state index >= 15 is 0 Å². The summed E-state index contributed by atoms with van der Waals surface area (Å²) in [7, 11) is 0.439. The van der Waals surface area contributed by atoms with Crippen molar-refractivity contribution in [3.63, 3.8) is 0 Å². The zero-order valence-corrected chi connectivity index (χ0v) is 12.4. The minimum atomic E-state index is -3.39. The van der Waals surface area contributed by atoms with Crippen LogP contribution in [0.3, 0.4) is 0 Å². The van der Waals surface area contributed by atoms with Gasteiger partial charge < -0.3 is 10.0 Å². The number of nitrogens with zero attached hydrogens (tertiary/aromatic N) is 2. The molecule has 0 saturated heterocycles. The molecule has 1 atom stereocenters. The number of aliphatic hydroxyl groups excluding tert-OH is 1. The Hall–Kier alpha value is -0.170. The van der Waals surface area contributed by atoms with Gasteiger partial charge >= 0.3 is 0 Å². The van der Waals surface area contributed by atoms with Crippen LogP contribution in [0.5, 0.6) is 0 Å². The highest BCUT2D eigenvalue weighted by atomic mass is 32.2. The fraction of sp³-hybridized carbons (Fsp3) is 1.00. The van der Waals surface area contributed by atoms with E-state index < -0.39 is 15.3 Å². The van der Waals surface area contributed by atoms with E-state index in [-0.39, 0.29) is 12.5 Å². The summed E-state index contributed by atoms with van der Waals surface area (Å²) in [5.41, 5.74) is 0. The van der Waals surface area contributed by atoms with Gasteiger partial charge in [-0.25, -0.2) is 12.7 Å². The van der Waals surface area contributed by atoms with E-state index in [1.165, 1.54) is 4.31 Å². The predicted octanol–water partition coefficient (Wildman–Crippen LogP) is 0.217.